The van der Waals surface area contributed by atoms with Crippen LogP contribution in [0.1, 0.15) is 19.8 Å². The fraction of sp³-hybridized carbons (Fsp3) is 0.692. The smallest absolute Gasteiger partial charge is 0.242 e. The number of anilines is 2. The zero-order valence-electron chi connectivity index (χ0n) is 12.0. The molecule has 0 amide bonds. The van der Waals surface area contributed by atoms with Crippen molar-refractivity contribution in [3.8, 4) is 5.88 Å². The second-order valence-electron chi connectivity index (χ2n) is 4.83. The minimum absolute atomic E-state index is 0.318. The Morgan fingerprint density at radius 3 is 3.00 bits per heavy atom. The molecule has 1 fully saturated rings. The Hall–Kier alpha value is -1.60. The first-order valence-corrected chi connectivity index (χ1v) is 6.81. The Labute approximate surface area is 118 Å². The van der Waals surface area contributed by atoms with Crippen LogP contribution in [0.25, 0.3) is 0 Å². The molecule has 1 aromatic heterocycles. The van der Waals surface area contributed by atoms with E-state index in [0.717, 1.165) is 12.8 Å². The Bertz CT molecular complexity index is 436. The lowest BCUT2D eigenvalue weighted by Crippen LogP contribution is -2.39. The Balaban J connectivity index is 2.02. The summed E-state index contributed by atoms with van der Waals surface area (Å²) in [5.74, 6) is 0.980. The maximum atomic E-state index is 6.01. The number of rotatable bonds is 7. The highest BCUT2D eigenvalue weighted by Crippen LogP contribution is 2.27. The molecule has 1 aliphatic rings. The largest absolute Gasteiger partial charge is 0.476 e. The third-order valence-electron chi connectivity index (χ3n) is 3.37. The van der Waals surface area contributed by atoms with Gasteiger partial charge in [-0.3, -0.25) is 0 Å². The van der Waals surface area contributed by atoms with Gasteiger partial charge in [0.2, 0.25) is 5.88 Å². The summed E-state index contributed by atoms with van der Waals surface area (Å²) in [5, 5.41) is 3.20. The second-order valence-corrected chi connectivity index (χ2v) is 4.83. The summed E-state index contributed by atoms with van der Waals surface area (Å²) in [6.07, 6.45) is 3.19. The highest BCUT2D eigenvalue weighted by Gasteiger charge is 2.35. The molecule has 1 aromatic rings. The van der Waals surface area contributed by atoms with Crippen molar-refractivity contribution in [2.24, 2.45) is 0 Å². The fourth-order valence-corrected chi connectivity index (χ4v) is 2.04. The van der Waals surface area contributed by atoms with E-state index in [4.69, 9.17) is 19.9 Å². The van der Waals surface area contributed by atoms with Crippen molar-refractivity contribution in [3.63, 3.8) is 0 Å². The number of hydrogen-bond acceptors (Lipinski definition) is 7. The fourth-order valence-electron chi connectivity index (χ4n) is 2.04. The molecule has 0 saturated carbocycles. The van der Waals surface area contributed by atoms with Gasteiger partial charge < -0.3 is 25.3 Å². The van der Waals surface area contributed by atoms with Crippen LogP contribution in [0.4, 0.5) is 11.5 Å². The van der Waals surface area contributed by atoms with E-state index in [1.165, 1.54) is 6.33 Å². The minimum Gasteiger partial charge on any atom is -0.476 e. The topological polar surface area (TPSA) is 91.5 Å². The molecule has 1 atom stereocenters. The van der Waals surface area contributed by atoms with Gasteiger partial charge in [0.1, 0.15) is 17.6 Å². The molecule has 2 rings (SSSR count). The van der Waals surface area contributed by atoms with Crippen LogP contribution in [-0.4, -0.2) is 49.0 Å². The molecule has 0 spiro atoms. The van der Waals surface area contributed by atoms with Crippen molar-refractivity contribution in [3.05, 3.63) is 6.33 Å². The number of nitrogens with two attached hydrogens (primary N) is 1. The Morgan fingerprint density at radius 2 is 2.35 bits per heavy atom. The van der Waals surface area contributed by atoms with Crippen LogP contribution in [0.2, 0.25) is 0 Å². The van der Waals surface area contributed by atoms with Gasteiger partial charge in [-0.25, -0.2) is 4.98 Å². The number of nitrogens with zero attached hydrogens (tertiary/aromatic N) is 2. The molecule has 0 aliphatic carbocycles. The van der Waals surface area contributed by atoms with Crippen LogP contribution in [0.3, 0.4) is 0 Å². The van der Waals surface area contributed by atoms with Gasteiger partial charge in [-0.1, -0.05) is 6.92 Å². The van der Waals surface area contributed by atoms with Gasteiger partial charge in [-0.05, 0) is 6.42 Å². The third kappa shape index (κ3) is 3.29. The van der Waals surface area contributed by atoms with Crippen molar-refractivity contribution in [1.82, 2.24) is 9.97 Å². The summed E-state index contributed by atoms with van der Waals surface area (Å²) >= 11 is 0. The van der Waals surface area contributed by atoms with Crippen molar-refractivity contribution in [1.29, 1.82) is 0 Å². The van der Waals surface area contributed by atoms with Gasteiger partial charge in [-0.15, -0.1) is 0 Å². The first kappa shape index (κ1) is 14.8. The molecule has 7 heteroatoms. The zero-order valence-corrected chi connectivity index (χ0v) is 12.0. The highest BCUT2D eigenvalue weighted by atomic mass is 16.5. The van der Waals surface area contributed by atoms with Crippen molar-refractivity contribution in [2.75, 3.05) is 44.5 Å². The van der Waals surface area contributed by atoms with Gasteiger partial charge in [0.05, 0.1) is 13.2 Å². The third-order valence-corrected chi connectivity index (χ3v) is 3.37. The standard InChI is InChI=1S/C13H22N4O3/c1-3-5-20-12-10(14)11(16-9-17-12)15-7-13(18-2)4-6-19-8-13/h9H,3-8,14H2,1-2H3,(H,15,16,17). The molecule has 3 N–H and O–H groups in total. The first-order valence-electron chi connectivity index (χ1n) is 6.81. The van der Waals surface area contributed by atoms with Gasteiger partial charge in [0.25, 0.3) is 0 Å². The predicted molar refractivity (Wildman–Crippen MR) is 75.9 cm³/mol. The second kappa shape index (κ2) is 6.71. The van der Waals surface area contributed by atoms with E-state index in [0.29, 0.717) is 43.8 Å². The van der Waals surface area contributed by atoms with E-state index in [-0.39, 0.29) is 5.60 Å². The molecule has 0 radical (unpaired) electrons. The SMILES string of the molecule is CCCOc1ncnc(NCC2(OC)CCOC2)c1N. The molecule has 0 aromatic carbocycles. The summed E-state index contributed by atoms with van der Waals surface area (Å²) < 4.78 is 16.4. The van der Waals surface area contributed by atoms with Crippen molar-refractivity contribution < 1.29 is 14.2 Å². The van der Waals surface area contributed by atoms with Crippen LogP contribution in [0, 0.1) is 0 Å². The van der Waals surface area contributed by atoms with Gasteiger partial charge in [0, 0.05) is 26.7 Å². The van der Waals surface area contributed by atoms with Gasteiger partial charge in [0.15, 0.2) is 5.82 Å². The predicted octanol–water partition coefficient (Wildman–Crippen LogP) is 1.06. The van der Waals surface area contributed by atoms with E-state index < -0.39 is 0 Å². The average Bonchev–Trinajstić information content (AvgIpc) is 2.94. The zero-order chi connectivity index (χ0) is 14.4. The molecule has 1 aliphatic heterocycles. The summed E-state index contributed by atoms with van der Waals surface area (Å²) in [5.41, 5.74) is 6.11. The summed E-state index contributed by atoms with van der Waals surface area (Å²) in [6, 6.07) is 0. The molecule has 1 unspecified atom stereocenters. The maximum Gasteiger partial charge on any atom is 0.242 e. The van der Waals surface area contributed by atoms with Crippen molar-refractivity contribution in [2.45, 2.75) is 25.4 Å². The summed E-state index contributed by atoms with van der Waals surface area (Å²) in [6.45, 7) is 4.47. The quantitative estimate of drug-likeness (QED) is 0.772. The molecule has 20 heavy (non-hydrogen) atoms. The van der Waals surface area contributed by atoms with Crippen LogP contribution in [-0.2, 0) is 9.47 Å². The summed E-state index contributed by atoms with van der Waals surface area (Å²) in [7, 11) is 1.69. The molecular formula is C13H22N4O3. The van der Waals surface area contributed by atoms with E-state index in [9.17, 15) is 0 Å². The number of nitrogens with one attached hydrogen (secondary N) is 1. The number of ether oxygens (including phenoxy) is 3. The lowest BCUT2D eigenvalue weighted by Gasteiger charge is -2.26. The lowest BCUT2D eigenvalue weighted by molar-refractivity contribution is -0.00624. The van der Waals surface area contributed by atoms with E-state index >= 15 is 0 Å². The molecule has 0 bridgehead atoms. The minimum atomic E-state index is -0.318. The first-order chi connectivity index (χ1) is 9.71. The lowest BCUT2D eigenvalue weighted by atomic mass is 10.0. The molecule has 1 saturated heterocycles. The normalized spacial score (nSPS) is 21.9. The van der Waals surface area contributed by atoms with Crippen molar-refractivity contribution >= 4 is 11.5 Å². The van der Waals surface area contributed by atoms with E-state index in [2.05, 4.69) is 15.3 Å². The number of nitrogen functional groups attached to an aromatic ring is 1. The Kier molecular flexibility index (Phi) is 4.97. The van der Waals surface area contributed by atoms with E-state index in [1.54, 1.807) is 7.11 Å². The molecule has 7 nitrogen and oxygen atoms in total. The highest BCUT2D eigenvalue weighted by molar-refractivity contribution is 5.66. The van der Waals surface area contributed by atoms with Gasteiger partial charge >= 0.3 is 0 Å². The summed E-state index contributed by atoms with van der Waals surface area (Å²) in [4.78, 5) is 8.19. The van der Waals surface area contributed by atoms with Crippen LogP contribution in [0.15, 0.2) is 6.33 Å². The van der Waals surface area contributed by atoms with Crippen LogP contribution < -0.4 is 15.8 Å². The number of aromatic nitrogens is 2. The molecule has 112 valence electrons. The van der Waals surface area contributed by atoms with Crippen LogP contribution >= 0.6 is 0 Å². The number of hydrogen-bond donors (Lipinski definition) is 2. The molecular weight excluding hydrogens is 260 g/mol. The average molecular weight is 282 g/mol. The molecule has 2 heterocycles. The Morgan fingerprint density at radius 1 is 1.50 bits per heavy atom. The monoisotopic (exact) mass is 282 g/mol. The van der Waals surface area contributed by atoms with Crippen LogP contribution in [0.5, 0.6) is 5.88 Å². The van der Waals surface area contributed by atoms with E-state index in [1.807, 2.05) is 6.92 Å². The number of methoxy groups -OCH3 is 1. The maximum absolute atomic E-state index is 6.01. The van der Waals surface area contributed by atoms with Gasteiger partial charge in [-0.2, -0.15) is 4.98 Å².